The molecule has 0 saturated heterocycles. The van der Waals surface area contributed by atoms with E-state index in [1.807, 2.05) is 0 Å². The summed E-state index contributed by atoms with van der Waals surface area (Å²) < 4.78 is 17.5. The van der Waals surface area contributed by atoms with Crippen LogP contribution in [0.5, 0.6) is 0 Å². The minimum Gasteiger partial charge on any atom is -0.452 e. The molecular weight excluding hydrogens is 266 g/mol. The third-order valence-corrected chi connectivity index (χ3v) is 1.32. The third-order valence-electron chi connectivity index (χ3n) is 1.32. The van der Waals surface area contributed by atoms with E-state index in [4.69, 9.17) is 0 Å². The minimum atomic E-state index is 1.38. The van der Waals surface area contributed by atoms with Crippen LogP contribution in [0.4, 0.5) is 0 Å². The second-order valence-electron chi connectivity index (χ2n) is 2.63. The maximum atomic E-state index is 4.47. The molecule has 0 bridgehead atoms. The number of hydrogen-bond acceptors (Lipinski definition) is 9. The summed E-state index contributed by atoms with van der Waals surface area (Å²) in [6.45, 7) is 0. The number of rotatable bonds is 0. The molecule has 0 unspecified atom stereocenters. The Morgan fingerprint density at radius 2 is 1.40 bits per heavy atom. The van der Waals surface area contributed by atoms with E-state index in [-0.39, 0.29) is 0 Å². The number of nitrogens with zero attached hydrogens (tertiary/aromatic N) is 5. The van der Waals surface area contributed by atoms with E-state index < -0.39 is 0 Å². The molecule has 0 aliphatic heterocycles. The van der Waals surface area contributed by atoms with Gasteiger partial charge in [-0.2, -0.15) is 0 Å². The molecule has 0 fully saturated rings. The maximum Gasteiger partial charge on any atom is 0.180 e. The average molecular weight is 277 g/mol. The Balaban J connectivity index is 0.000000133. The Labute approximate surface area is 113 Å². The van der Waals surface area contributed by atoms with Crippen LogP contribution in [-0.2, 0) is 0 Å². The van der Waals surface area contributed by atoms with Gasteiger partial charge in [-0.05, 0) is 6.07 Å². The third kappa shape index (κ3) is 9.96. The largest absolute Gasteiger partial charge is 0.452 e. The van der Waals surface area contributed by atoms with E-state index >= 15 is 0 Å². The lowest BCUT2D eigenvalue weighted by atomic mass is 10.8. The van der Waals surface area contributed by atoms with Crippen molar-refractivity contribution in [1.29, 1.82) is 0 Å². The molecule has 4 aromatic heterocycles. The molecule has 0 N–H and O–H groups in total. The Kier molecular flexibility index (Phi) is 9.07. The average Bonchev–Trinajstić information content (AvgIpc) is 3.40. The summed E-state index contributed by atoms with van der Waals surface area (Å²) in [5.41, 5.74) is 0. The van der Waals surface area contributed by atoms with Gasteiger partial charge in [0.2, 0.25) is 0 Å². The van der Waals surface area contributed by atoms with Crippen molar-refractivity contribution in [3.8, 4) is 0 Å². The van der Waals surface area contributed by atoms with E-state index in [1.165, 1.54) is 44.0 Å². The summed E-state index contributed by atoms with van der Waals surface area (Å²) in [5, 5.41) is 9.75. The first-order chi connectivity index (χ1) is 10.0. The predicted octanol–water partition coefficient (Wildman–Crippen LogP) is 2.09. The van der Waals surface area contributed by atoms with Gasteiger partial charge >= 0.3 is 0 Å². The van der Waals surface area contributed by atoms with Crippen LogP contribution in [0.15, 0.2) is 86.6 Å². The Bertz CT molecular complexity index is 360. The van der Waals surface area contributed by atoms with Crippen molar-refractivity contribution in [2.24, 2.45) is 0 Å². The standard InChI is InChI=1S/3C3H3NO.C2H2N2O/c2*1-2-5-3-4-1;1-2-4-5-3-1;1-2-5-4-3-1/h3*1-3H;1-2H. The first-order valence-electron chi connectivity index (χ1n) is 5.20. The van der Waals surface area contributed by atoms with Gasteiger partial charge in [-0.25, -0.2) is 9.97 Å². The molecular formula is C11H11N5O4. The van der Waals surface area contributed by atoms with E-state index in [1.54, 1.807) is 24.7 Å². The van der Waals surface area contributed by atoms with Crippen LogP contribution >= 0.6 is 0 Å². The molecule has 0 aliphatic rings. The molecule has 0 amide bonds. The van der Waals surface area contributed by atoms with Crippen molar-refractivity contribution in [3.05, 3.63) is 68.7 Å². The molecule has 0 aliphatic carbocycles. The Morgan fingerprint density at radius 3 is 1.55 bits per heavy atom. The van der Waals surface area contributed by atoms with Crippen molar-refractivity contribution in [3.63, 3.8) is 0 Å². The Hall–Kier alpha value is -3.23. The zero-order valence-corrected chi connectivity index (χ0v) is 10.2. The molecule has 4 heterocycles. The first-order valence-corrected chi connectivity index (χ1v) is 5.20. The van der Waals surface area contributed by atoms with Crippen LogP contribution in [0.2, 0.25) is 0 Å². The predicted molar refractivity (Wildman–Crippen MR) is 63.8 cm³/mol. The van der Waals surface area contributed by atoms with Crippen LogP contribution in [0.25, 0.3) is 0 Å². The van der Waals surface area contributed by atoms with Gasteiger partial charge in [0.05, 0.1) is 24.8 Å². The molecule has 0 atom stereocenters. The smallest absolute Gasteiger partial charge is 0.180 e. The van der Waals surface area contributed by atoms with Crippen molar-refractivity contribution >= 4 is 0 Å². The fraction of sp³-hybridized carbons (Fsp3) is 0. The highest BCUT2D eigenvalue weighted by molar-refractivity contribution is 4.67. The number of aromatic nitrogens is 5. The lowest BCUT2D eigenvalue weighted by Gasteiger charge is -1.48. The number of hydrogen-bond donors (Lipinski definition) is 0. The van der Waals surface area contributed by atoms with Crippen molar-refractivity contribution in [2.75, 3.05) is 0 Å². The van der Waals surface area contributed by atoms with E-state index in [0.717, 1.165) is 0 Å². The summed E-state index contributed by atoms with van der Waals surface area (Å²) in [4.78, 5) is 7.11. The molecule has 104 valence electrons. The first kappa shape index (κ1) is 14.8. The van der Waals surface area contributed by atoms with Crippen molar-refractivity contribution in [1.82, 2.24) is 25.5 Å². The number of oxazole rings is 2. The van der Waals surface area contributed by atoms with Crippen LogP contribution < -0.4 is 0 Å². The lowest BCUT2D eigenvalue weighted by molar-refractivity contribution is 0.393. The van der Waals surface area contributed by atoms with E-state index in [9.17, 15) is 0 Å². The molecule has 4 aromatic rings. The lowest BCUT2D eigenvalue weighted by Crippen LogP contribution is -1.53. The van der Waals surface area contributed by atoms with Gasteiger partial charge < -0.3 is 17.9 Å². The summed E-state index contributed by atoms with van der Waals surface area (Å²) in [6, 6.07) is 1.72. The van der Waals surface area contributed by atoms with Gasteiger partial charge in [-0.15, -0.1) is 5.10 Å². The van der Waals surface area contributed by atoms with Crippen molar-refractivity contribution < 1.29 is 17.9 Å². The van der Waals surface area contributed by atoms with Gasteiger partial charge in [0.1, 0.15) is 25.1 Å². The quantitative estimate of drug-likeness (QED) is 0.476. The second kappa shape index (κ2) is 12.2. The Morgan fingerprint density at radius 1 is 0.650 bits per heavy atom. The van der Waals surface area contributed by atoms with Crippen LogP contribution in [0.1, 0.15) is 0 Å². The molecule has 9 heteroatoms. The van der Waals surface area contributed by atoms with Gasteiger partial charge in [-0.1, -0.05) is 5.16 Å². The van der Waals surface area contributed by atoms with E-state index in [0.29, 0.717) is 0 Å². The SMILES string of the molecule is c1cnoc1.c1cocn1.c1cocn1.c1conn1. The van der Waals surface area contributed by atoms with Gasteiger partial charge in [-0.3, -0.25) is 0 Å². The van der Waals surface area contributed by atoms with E-state index in [2.05, 4.69) is 43.4 Å². The summed E-state index contributed by atoms with van der Waals surface area (Å²) in [5.74, 6) is 0. The fourth-order valence-electron chi connectivity index (χ4n) is 0.663. The summed E-state index contributed by atoms with van der Waals surface area (Å²) in [7, 11) is 0. The highest BCUT2D eigenvalue weighted by atomic mass is 16.5. The minimum absolute atomic E-state index is 1.38. The molecule has 0 aromatic carbocycles. The summed E-state index contributed by atoms with van der Waals surface area (Å²) >= 11 is 0. The molecule has 20 heavy (non-hydrogen) atoms. The van der Waals surface area contributed by atoms with Crippen LogP contribution in [0.3, 0.4) is 0 Å². The van der Waals surface area contributed by atoms with Crippen LogP contribution in [0, 0.1) is 0 Å². The highest BCUT2D eigenvalue weighted by Gasteiger charge is 1.62. The monoisotopic (exact) mass is 277 g/mol. The molecule has 0 spiro atoms. The molecule has 9 nitrogen and oxygen atoms in total. The zero-order chi connectivity index (χ0) is 14.1. The van der Waals surface area contributed by atoms with Gasteiger partial charge in [0.25, 0.3) is 0 Å². The van der Waals surface area contributed by atoms with Crippen LogP contribution in [-0.4, -0.2) is 25.5 Å². The maximum absolute atomic E-state index is 4.47. The molecule has 0 radical (unpaired) electrons. The topological polar surface area (TPSA) is 117 Å². The molecule has 0 saturated carbocycles. The molecule has 4 rings (SSSR count). The fourth-order valence-corrected chi connectivity index (χ4v) is 0.663. The van der Waals surface area contributed by atoms with Gasteiger partial charge in [0, 0.05) is 5.27 Å². The summed E-state index contributed by atoms with van der Waals surface area (Å²) in [6.07, 6.45) is 14.9. The normalized spacial score (nSPS) is 8.00. The highest BCUT2D eigenvalue weighted by Crippen LogP contribution is 1.73. The second-order valence-corrected chi connectivity index (χ2v) is 2.63. The van der Waals surface area contributed by atoms with Crippen molar-refractivity contribution in [2.45, 2.75) is 0 Å². The van der Waals surface area contributed by atoms with Gasteiger partial charge in [0.15, 0.2) is 12.8 Å². The zero-order valence-electron chi connectivity index (χ0n) is 10.2.